The Morgan fingerprint density at radius 3 is 2.43 bits per heavy atom. The van der Waals surface area contributed by atoms with Crippen LogP contribution in [-0.4, -0.2) is 13.0 Å². The molecule has 0 aromatic heterocycles. The average molecular weight is 207 g/mol. The lowest BCUT2D eigenvalue weighted by Gasteiger charge is -2.07. The molecule has 5 heteroatoms. The minimum absolute atomic E-state index is 0.177. The molecule has 14 heavy (non-hydrogen) atoms. The molecule has 78 valence electrons. The molecule has 0 heterocycles. The highest BCUT2D eigenvalue weighted by Gasteiger charge is 2.07. The van der Waals surface area contributed by atoms with Gasteiger partial charge in [0.25, 0.3) is 12.9 Å². The number of halogens is 4. The van der Waals surface area contributed by atoms with Crippen molar-refractivity contribution in [2.75, 3.05) is 11.9 Å². The summed E-state index contributed by atoms with van der Waals surface area (Å²) in [5.41, 5.74) is 0.104. The summed E-state index contributed by atoms with van der Waals surface area (Å²) in [6, 6.07) is 5.27. The number of alkyl halides is 4. The highest BCUT2D eigenvalue weighted by Crippen LogP contribution is 2.21. The van der Waals surface area contributed by atoms with E-state index in [4.69, 9.17) is 0 Å². The zero-order valence-electron chi connectivity index (χ0n) is 7.18. The molecule has 1 nitrogen and oxygen atoms in total. The predicted octanol–water partition coefficient (Wildman–Crippen LogP) is 3.30. The monoisotopic (exact) mass is 207 g/mol. The Balaban J connectivity index is 2.64. The van der Waals surface area contributed by atoms with Crippen molar-refractivity contribution in [3.8, 4) is 0 Å². The van der Waals surface area contributed by atoms with Crippen LogP contribution in [0.4, 0.5) is 23.2 Å². The smallest absolute Gasteiger partial charge is 0.263 e. The summed E-state index contributed by atoms with van der Waals surface area (Å²) in [6.45, 7) is -0.535. The molecule has 0 bridgehead atoms. The molecule has 1 rings (SSSR count). The minimum Gasteiger partial charge on any atom is -0.379 e. The third kappa shape index (κ3) is 3.24. The summed E-state index contributed by atoms with van der Waals surface area (Å²) >= 11 is 0. The number of anilines is 1. The second-order valence-electron chi connectivity index (χ2n) is 2.70. The first-order chi connectivity index (χ1) is 6.59. The Hall–Kier alpha value is -1.26. The third-order valence-corrected chi connectivity index (χ3v) is 1.60. The fourth-order valence-corrected chi connectivity index (χ4v) is 0.979. The van der Waals surface area contributed by atoms with Crippen LogP contribution in [0.5, 0.6) is 0 Å². The van der Waals surface area contributed by atoms with E-state index in [0.29, 0.717) is 0 Å². The van der Waals surface area contributed by atoms with Gasteiger partial charge in [-0.3, -0.25) is 0 Å². The lowest BCUT2D eigenvalue weighted by atomic mass is 10.2. The van der Waals surface area contributed by atoms with Gasteiger partial charge in [0.15, 0.2) is 0 Å². The molecule has 0 aliphatic carbocycles. The average Bonchev–Trinajstić information content (AvgIpc) is 2.15. The molecule has 0 atom stereocenters. The van der Waals surface area contributed by atoms with E-state index in [1.54, 1.807) is 0 Å². The molecule has 0 aliphatic heterocycles. The van der Waals surface area contributed by atoms with Crippen LogP contribution in [0.1, 0.15) is 12.0 Å². The number of rotatable bonds is 4. The van der Waals surface area contributed by atoms with Crippen molar-refractivity contribution in [1.82, 2.24) is 0 Å². The molecular formula is C9H9F4N. The Labute approximate surface area is 78.7 Å². The van der Waals surface area contributed by atoms with E-state index in [-0.39, 0.29) is 11.3 Å². The number of hydrogen-bond acceptors (Lipinski definition) is 1. The second-order valence-corrected chi connectivity index (χ2v) is 2.70. The molecule has 1 N–H and O–H groups in total. The fourth-order valence-electron chi connectivity index (χ4n) is 0.979. The van der Waals surface area contributed by atoms with Crippen LogP contribution in [0.3, 0.4) is 0 Å². The quantitative estimate of drug-likeness (QED) is 0.747. The van der Waals surface area contributed by atoms with Gasteiger partial charge in [-0.05, 0) is 12.1 Å². The van der Waals surface area contributed by atoms with Crippen LogP contribution in [0.25, 0.3) is 0 Å². The van der Waals surface area contributed by atoms with Gasteiger partial charge in [0.2, 0.25) is 0 Å². The van der Waals surface area contributed by atoms with E-state index >= 15 is 0 Å². The Kier molecular flexibility index (Phi) is 3.73. The molecule has 0 aliphatic rings. The molecular weight excluding hydrogens is 198 g/mol. The Bertz CT molecular complexity index is 288. The lowest BCUT2D eigenvalue weighted by Crippen LogP contribution is -2.10. The van der Waals surface area contributed by atoms with Gasteiger partial charge < -0.3 is 5.32 Å². The van der Waals surface area contributed by atoms with Gasteiger partial charge in [0, 0.05) is 11.3 Å². The molecule has 0 unspecified atom stereocenters. The van der Waals surface area contributed by atoms with Crippen molar-refractivity contribution in [2.45, 2.75) is 12.9 Å². The van der Waals surface area contributed by atoms with E-state index < -0.39 is 19.4 Å². The van der Waals surface area contributed by atoms with Crippen molar-refractivity contribution in [2.24, 2.45) is 0 Å². The largest absolute Gasteiger partial charge is 0.379 e. The molecule has 0 fully saturated rings. The summed E-state index contributed by atoms with van der Waals surface area (Å²) in [6.07, 6.45) is -5.08. The van der Waals surface area contributed by atoms with Gasteiger partial charge in [-0.2, -0.15) is 0 Å². The molecule has 0 spiro atoms. The fraction of sp³-hybridized carbons (Fsp3) is 0.333. The maximum atomic E-state index is 12.2. The standard InChI is InChI=1S/C9H9F4N/c10-8(11)5-14-7-3-1-2-6(4-7)9(12)13/h1-4,8-9,14H,5H2. The summed E-state index contributed by atoms with van der Waals surface area (Å²) in [5.74, 6) is 0. The van der Waals surface area contributed by atoms with Crippen LogP contribution < -0.4 is 5.32 Å². The van der Waals surface area contributed by atoms with E-state index in [1.807, 2.05) is 0 Å². The first kappa shape index (κ1) is 10.8. The number of hydrogen-bond donors (Lipinski definition) is 1. The summed E-state index contributed by atoms with van der Waals surface area (Å²) in [4.78, 5) is 0. The molecule has 0 saturated heterocycles. The molecule has 1 aromatic rings. The highest BCUT2D eigenvalue weighted by molar-refractivity contribution is 5.46. The Morgan fingerprint density at radius 1 is 1.14 bits per heavy atom. The lowest BCUT2D eigenvalue weighted by molar-refractivity contribution is 0.151. The highest BCUT2D eigenvalue weighted by atomic mass is 19.3. The zero-order valence-corrected chi connectivity index (χ0v) is 7.18. The van der Waals surface area contributed by atoms with Crippen molar-refractivity contribution in [3.63, 3.8) is 0 Å². The van der Waals surface area contributed by atoms with Crippen molar-refractivity contribution < 1.29 is 17.6 Å². The predicted molar refractivity (Wildman–Crippen MR) is 45.9 cm³/mol. The topological polar surface area (TPSA) is 12.0 Å². The summed E-state index contributed by atoms with van der Waals surface area (Å²) in [7, 11) is 0. The Morgan fingerprint density at radius 2 is 1.86 bits per heavy atom. The zero-order chi connectivity index (χ0) is 10.6. The number of benzene rings is 1. The van der Waals surface area contributed by atoms with Crippen LogP contribution in [0, 0.1) is 0 Å². The van der Waals surface area contributed by atoms with Gasteiger partial charge in [0.1, 0.15) is 0 Å². The summed E-state index contributed by atoms with van der Waals surface area (Å²) in [5, 5.41) is 2.36. The van der Waals surface area contributed by atoms with Crippen molar-refractivity contribution in [1.29, 1.82) is 0 Å². The number of nitrogens with one attached hydrogen (secondary N) is 1. The van der Waals surface area contributed by atoms with E-state index in [1.165, 1.54) is 18.2 Å². The van der Waals surface area contributed by atoms with Crippen molar-refractivity contribution >= 4 is 5.69 Å². The van der Waals surface area contributed by atoms with Gasteiger partial charge >= 0.3 is 0 Å². The summed E-state index contributed by atoms with van der Waals surface area (Å²) < 4.78 is 47.9. The van der Waals surface area contributed by atoms with Crippen LogP contribution in [-0.2, 0) is 0 Å². The molecule has 0 saturated carbocycles. The van der Waals surface area contributed by atoms with E-state index in [0.717, 1.165) is 6.07 Å². The second kappa shape index (κ2) is 4.83. The van der Waals surface area contributed by atoms with Gasteiger partial charge in [0.05, 0.1) is 6.54 Å². The normalized spacial score (nSPS) is 11.0. The third-order valence-electron chi connectivity index (χ3n) is 1.60. The SMILES string of the molecule is FC(F)CNc1cccc(C(F)F)c1. The van der Waals surface area contributed by atoms with E-state index in [9.17, 15) is 17.6 Å². The van der Waals surface area contributed by atoms with Crippen LogP contribution in [0.2, 0.25) is 0 Å². The first-order valence-electron chi connectivity index (χ1n) is 3.99. The minimum atomic E-state index is -2.58. The van der Waals surface area contributed by atoms with Gasteiger partial charge in [-0.1, -0.05) is 12.1 Å². The maximum absolute atomic E-state index is 12.2. The molecule has 0 radical (unpaired) electrons. The first-order valence-corrected chi connectivity index (χ1v) is 3.99. The van der Waals surface area contributed by atoms with E-state index in [2.05, 4.69) is 5.32 Å². The van der Waals surface area contributed by atoms with Gasteiger partial charge in [-0.15, -0.1) is 0 Å². The van der Waals surface area contributed by atoms with Crippen LogP contribution >= 0.6 is 0 Å². The molecule has 1 aromatic carbocycles. The van der Waals surface area contributed by atoms with Crippen molar-refractivity contribution in [3.05, 3.63) is 29.8 Å². The maximum Gasteiger partial charge on any atom is 0.263 e. The van der Waals surface area contributed by atoms with Gasteiger partial charge in [-0.25, -0.2) is 17.6 Å². The van der Waals surface area contributed by atoms with Crippen LogP contribution in [0.15, 0.2) is 24.3 Å². The molecule has 0 amide bonds.